The normalized spacial score (nSPS) is 9.17. The van der Waals surface area contributed by atoms with Crippen molar-refractivity contribution in [3.8, 4) is 11.8 Å². The second-order valence-electron chi connectivity index (χ2n) is 2.95. The molecule has 0 aliphatic carbocycles. The van der Waals surface area contributed by atoms with E-state index in [-0.39, 0.29) is 0 Å². The van der Waals surface area contributed by atoms with Crippen LogP contribution in [0, 0.1) is 11.8 Å². The molecule has 0 saturated heterocycles. The topological polar surface area (TPSA) is 0 Å². The Hall–Kier alpha value is -0.0900. The number of unbranched alkanes of at least 4 members (excludes halogenated alkanes) is 5. The Morgan fingerprint density at radius 2 is 1.75 bits per heavy atom. The third-order valence-corrected chi connectivity index (χ3v) is 2.18. The summed E-state index contributed by atoms with van der Waals surface area (Å²) in [5.74, 6) is 7.33. The minimum Gasteiger partial charge on any atom is -0.152 e. The molecular formula is C11H20S. The van der Waals surface area contributed by atoms with Crippen LogP contribution in [-0.4, -0.2) is 12.0 Å². The number of hydrogen-bond acceptors (Lipinski definition) is 1. The van der Waals surface area contributed by atoms with Gasteiger partial charge in [-0.15, -0.1) is 5.92 Å². The lowest BCUT2D eigenvalue weighted by Crippen LogP contribution is -1.76. The first-order valence-electron chi connectivity index (χ1n) is 4.86. The van der Waals surface area contributed by atoms with Gasteiger partial charge in [-0.1, -0.05) is 38.5 Å². The van der Waals surface area contributed by atoms with Crippen molar-refractivity contribution in [2.24, 2.45) is 0 Å². The van der Waals surface area contributed by atoms with E-state index in [1.807, 2.05) is 0 Å². The molecule has 0 N–H and O–H groups in total. The Kier molecular flexibility index (Phi) is 10.8. The third-order valence-electron chi connectivity index (χ3n) is 1.75. The smallest absolute Gasteiger partial charge is 0.0544 e. The third kappa shape index (κ3) is 9.91. The maximum atomic E-state index is 3.19. The van der Waals surface area contributed by atoms with Gasteiger partial charge >= 0.3 is 0 Å². The maximum absolute atomic E-state index is 3.19. The first kappa shape index (κ1) is 11.9. The summed E-state index contributed by atoms with van der Waals surface area (Å²) in [6, 6.07) is 0. The molecule has 0 aromatic carbocycles. The molecule has 0 aromatic heterocycles. The molecule has 0 unspecified atom stereocenters. The summed E-state index contributed by atoms with van der Waals surface area (Å²) >= 11 is 1.80. The molecule has 0 aromatic rings. The number of hydrogen-bond donors (Lipinski definition) is 0. The average molecular weight is 184 g/mol. The van der Waals surface area contributed by atoms with Gasteiger partial charge in [0, 0.05) is 6.42 Å². The Morgan fingerprint density at radius 1 is 1.00 bits per heavy atom. The maximum Gasteiger partial charge on any atom is 0.0544 e. The Morgan fingerprint density at radius 3 is 2.42 bits per heavy atom. The molecule has 0 amide bonds. The minimum atomic E-state index is 0.995. The zero-order valence-electron chi connectivity index (χ0n) is 8.36. The van der Waals surface area contributed by atoms with Crippen LogP contribution in [0.2, 0.25) is 0 Å². The second-order valence-corrected chi connectivity index (χ2v) is 3.82. The van der Waals surface area contributed by atoms with E-state index in [1.54, 1.807) is 11.8 Å². The molecule has 0 radical (unpaired) electrons. The molecule has 0 spiro atoms. The van der Waals surface area contributed by atoms with E-state index >= 15 is 0 Å². The fourth-order valence-corrected chi connectivity index (χ4v) is 1.27. The van der Waals surface area contributed by atoms with Gasteiger partial charge in [-0.3, -0.25) is 0 Å². The molecule has 1 heteroatoms. The predicted molar refractivity (Wildman–Crippen MR) is 59.5 cm³/mol. The first-order chi connectivity index (χ1) is 5.91. The van der Waals surface area contributed by atoms with E-state index in [4.69, 9.17) is 0 Å². The Labute approximate surface area is 81.5 Å². The molecule has 0 aliphatic rings. The molecule has 0 nitrogen and oxygen atoms in total. The molecule has 12 heavy (non-hydrogen) atoms. The first-order valence-corrected chi connectivity index (χ1v) is 6.25. The van der Waals surface area contributed by atoms with Gasteiger partial charge in [0.15, 0.2) is 0 Å². The van der Waals surface area contributed by atoms with E-state index in [1.165, 1.54) is 32.1 Å². The van der Waals surface area contributed by atoms with Crippen molar-refractivity contribution in [1.29, 1.82) is 0 Å². The van der Waals surface area contributed by atoms with Crippen LogP contribution >= 0.6 is 11.8 Å². The summed E-state index contributed by atoms with van der Waals surface area (Å²) in [7, 11) is 0. The molecule has 0 bridgehead atoms. The van der Waals surface area contributed by atoms with Gasteiger partial charge in [0.05, 0.1) is 5.75 Å². The van der Waals surface area contributed by atoms with Crippen molar-refractivity contribution in [2.45, 2.75) is 45.4 Å². The summed E-state index contributed by atoms with van der Waals surface area (Å²) in [5.41, 5.74) is 0. The number of thioether (sulfide) groups is 1. The molecular weight excluding hydrogens is 164 g/mol. The van der Waals surface area contributed by atoms with Crippen molar-refractivity contribution in [1.82, 2.24) is 0 Å². The minimum absolute atomic E-state index is 0.995. The fourth-order valence-electron chi connectivity index (χ4n) is 1.03. The van der Waals surface area contributed by atoms with Gasteiger partial charge in [-0.25, -0.2) is 0 Å². The van der Waals surface area contributed by atoms with E-state index < -0.39 is 0 Å². The molecule has 0 rings (SSSR count). The summed E-state index contributed by atoms with van der Waals surface area (Å²) in [6.07, 6.45) is 9.96. The highest BCUT2D eigenvalue weighted by Gasteiger charge is 1.85. The van der Waals surface area contributed by atoms with Crippen LogP contribution in [0.1, 0.15) is 45.4 Å². The van der Waals surface area contributed by atoms with Crippen molar-refractivity contribution in [3.05, 3.63) is 0 Å². The van der Waals surface area contributed by atoms with E-state index in [9.17, 15) is 0 Å². The molecule has 0 atom stereocenters. The molecule has 0 saturated carbocycles. The van der Waals surface area contributed by atoms with E-state index in [0.717, 1.165) is 12.2 Å². The largest absolute Gasteiger partial charge is 0.152 e. The van der Waals surface area contributed by atoms with Gasteiger partial charge in [0.2, 0.25) is 0 Å². The predicted octanol–water partition coefficient (Wildman–Crippen LogP) is 3.71. The van der Waals surface area contributed by atoms with Crippen LogP contribution in [0.5, 0.6) is 0 Å². The van der Waals surface area contributed by atoms with Crippen LogP contribution in [0.15, 0.2) is 0 Å². The highest BCUT2D eigenvalue weighted by Crippen LogP contribution is 2.03. The molecule has 0 heterocycles. The van der Waals surface area contributed by atoms with Crippen LogP contribution in [0.3, 0.4) is 0 Å². The summed E-state index contributed by atoms with van der Waals surface area (Å²) in [6.45, 7) is 2.25. The lowest BCUT2D eigenvalue weighted by Gasteiger charge is -1.94. The summed E-state index contributed by atoms with van der Waals surface area (Å²) < 4.78 is 0. The Balaban J connectivity index is 2.96. The van der Waals surface area contributed by atoms with Crippen molar-refractivity contribution in [3.63, 3.8) is 0 Å². The van der Waals surface area contributed by atoms with Crippen LogP contribution in [0.25, 0.3) is 0 Å². The standard InChI is InChI=1S/C11H20S/c1-3-4-5-6-7-8-9-10-11-12-2/h3-8,11H2,1-2H3. The number of rotatable bonds is 6. The van der Waals surface area contributed by atoms with Crippen molar-refractivity contribution < 1.29 is 0 Å². The van der Waals surface area contributed by atoms with Gasteiger partial charge in [-0.05, 0) is 12.7 Å². The quantitative estimate of drug-likeness (QED) is 0.448. The van der Waals surface area contributed by atoms with Crippen LogP contribution in [-0.2, 0) is 0 Å². The van der Waals surface area contributed by atoms with E-state index in [0.29, 0.717) is 0 Å². The van der Waals surface area contributed by atoms with Gasteiger partial charge in [0.1, 0.15) is 0 Å². The van der Waals surface area contributed by atoms with Crippen molar-refractivity contribution in [2.75, 3.05) is 12.0 Å². The zero-order valence-corrected chi connectivity index (χ0v) is 9.17. The van der Waals surface area contributed by atoms with E-state index in [2.05, 4.69) is 25.0 Å². The SMILES string of the molecule is CCCCCCCC#CCSC. The molecule has 0 fully saturated rings. The Bertz CT molecular complexity index is 130. The molecule has 70 valence electrons. The highest BCUT2D eigenvalue weighted by atomic mass is 32.2. The van der Waals surface area contributed by atoms with Gasteiger partial charge in [-0.2, -0.15) is 11.8 Å². The van der Waals surface area contributed by atoms with Gasteiger partial charge in [0.25, 0.3) is 0 Å². The van der Waals surface area contributed by atoms with Crippen LogP contribution in [0.4, 0.5) is 0 Å². The second kappa shape index (κ2) is 10.9. The summed E-state index contributed by atoms with van der Waals surface area (Å²) in [5, 5.41) is 0. The summed E-state index contributed by atoms with van der Waals surface area (Å²) in [4.78, 5) is 0. The monoisotopic (exact) mass is 184 g/mol. The zero-order chi connectivity index (χ0) is 9.07. The lowest BCUT2D eigenvalue weighted by molar-refractivity contribution is 0.641. The van der Waals surface area contributed by atoms with Crippen LogP contribution < -0.4 is 0 Å². The highest BCUT2D eigenvalue weighted by molar-refractivity contribution is 7.98. The lowest BCUT2D eigenvalue weighted by atomic mass is 10.1. The van der Waals surface area contributed by atoms with Crippen molar-refractivity contribution >= 4 is 11.8 Å². The fraction of sp³-hybridized carbons (Fsp3) is 0.818. The van der Waals surface area contributed by atoms with Gasteiger partial charge < -0.3 is 0 Å². The molecule has 0 aliphatic heterocycles. The average Bonchev–Trinajstić information content (AvgIpc) is 2.10.